The molecule has 21 heavy (non-hydrogen) atoms. The van der Waals surface area contributed by atoms with Gasteiger partial charge >= 0.3 is 0 Å². The first kappa shape index (κ1) is 15.3. The number of halogens is 1. The molecule has 0 aliphatic rings. The maximum atomic E-state index is 10.9. The summed E-state index contributed by atoms with van der Waals surface area (Å²) < 4.78 is 5.58. The van der Waals surface area contributed by atoms with Crippen molar-refractivity contribution in [3.8, 4) is 5.75 Å². The molecule has 0 radical (unpaired) electrons. The molecule has 2 rings (SSSR count). The van der Waals surface area contributed by atoms with Gasteiger partial charge in [-0.25, -0.2) is 0 Å². The first-order valence-corrected chi connectivity index (χ1v) is 6.74. The zero-order valence-electron chi connectivity index (χ0n) is 11.2. The van der Waals surface area contributed by atoms with Crippen molar-refractivity contribution in [3.63, 3.8) is 0 Å². The lowest BCUT2D eigenvalue weighted by Crippen LogP contribution is -2.05. The maximum absolute atomic E-state index is 10.9. The second-order valence-corrected chi connectivity index (χ2v) is 4.83. The van der Waals surface area contributed by atoms with E-state index in [9.17, 15) is 15.2 Å². The summed E-state index contributed by atoms with van der Waals surface area (Å²) in [6.07, 6.45) is 0.407. The number of nitro benzene ring substituents is 1. The SMILES string of the molecule is O=[N+]([O-])c1ccccc1CCOc1ccc(Cl)cc1CO. The highest BCUT2D eigenvalue weighted by Crippen LogP contribution is 2.24. The number of benzene rings is 2. The van der Waals surface area contributed by atoms with Crippen molar-refractivity contribution in [1.82, 2.24) is 0 Å². The molecule has 0 spiro atoms. The molecular weight excluding hydrogens is 294 g/mol. The minimum absolute atomic E-state index is 0.0830. The number of hydrogen-bond donors (Lipinski definition) is 1. The van der Waals surface area contributed by atoms with Gasteiger partial charge in [-0.2, -0.15) is 0 Å². The molecule has 0 unspecified atom stereocenters. The van der Waals surface area contributed by atoms with Crippen LogP contribution in [0.4, 0.5) is 5.69 Å². The fourth-order valence-electron chi connectivity index (χ4n) is 1.98. The van der Waals surface area contributed by atoms with Crippen molar-refractivity contribution in [2.24, 2.45) is 0 Å². The van der Waals surface area contributed by atoms with Crippen molar-refractivity contribution in [1.29, 1.82) is 0 Å². The third-order valence-corrected chi connectivity index (χ3v) is 3.25. The minimum atomic E-state index is -0.406. The molecule has 0 atom stereocenters. The topological polar surface area (TPSA) is 72.6 Å². The van der Waals surface area contributed by atoms with Crippen LogP contribution in [0.2, 0.25) is 5.02 Å². The van der Waals surface area contributed by atoms with E-state index in [1.807, 2.05) is 0 Å². The van der Waals surface area contributed by atoms with Gasteiger partial charge < -0.3 is 9.84 Å². The summed E-state index contributed by atoms with van der Waals surface area (Å²) in [7, 11) is 0. The van der Waals surface area contributed by atoms with Gasteiger partial charge in [0.15, 0.2) is 0 Å². The first-order chi connectivity index (χ1) is 10.1. The molecular formula is C15H14ClNO4. The fourth-order valence-corrected chi connectivity index (χ4v) is 2.18. The highest BCUT2D eigenvalue weighted by molar-refractivity contribution is 6.30. The Hall–Kier alpha value is -2.11. The number of hydrogen-bond acceptors (Lipinski definition) is 4. The second kappa shape index (κ2) is 7.06. The Labute approximate surface area is 126 Å². The zero-order chi connectivity index (χ0) is 15.2. The molecule has 110 valence electrons. The number of ether oxygens (including phenoxy) is 1. The van der Waals surface area contributed by atoms with Gasteiger partial charge in [0.05, 0.1) is 18.1 Å². The van der Waals surface area contributed by atoms with Gasteiger partial charge in [0.2, 0.25) is 0 Å². The smallest absolute Gasteiger partial charge is 0.272 e. The van der Waals surface area contributed by atoms with Crippen LogP contribution in [0.25, 0.3) is 0 Å². The summed E-state index contributed by atoms with van der Waals surface area (Å²) in [4.78, 5) is 10.5. The third-order valence-electron chi connectivity index (χ3n) is 3.01. The summed E-state index contributed by atoms with van der Waals surface area (Å²) in [6, 6.07) is 11.5. The molecule has 6 heteroatoms. The maximum Gasteiger partial charge on any atom is 0.272 e. The minimum Gasteiger partial charge on any atom is -0.493 e. The zero-order valence-corrected chi connectivity index (χ0v) is 11.9. The van der Waals surface area contributed by atoms with Gasteiger partial charge in [-0.05, 0) is 18.2 Å². The number of nitrogens with zero attached hydrogens (tertiary/aromatic N) is 1. The van der Waals surface area contributed by atoms with Crippen molar-refractivity contribution in [2.75, 3.05) is 6.61 Å². The van der Waals surface area contributed by atoms with Crippen molar-refractivity contribution in [2.45, 2.75) is 13.0 Å². The van der Waals surface area contributed by atoms with Gasteiger partial charge in [-0.3, -0.25) is 10.1 Å². The van der Waals surface area contributed by atoms with Crippen LogP contribution in [0.1, 0.15) is 11.1 Å². The molecule has 5 nitrogen and oxygen atoms in total. The Balaban J connectivity index is 2.04. The molecule has 0 bridgehead atoms. The molecule has 2 aromatic carbocycles. The average molecular weight is 308 g/mol. The monoisotopic (exact) mass is 307 g/mol. The van der Waals surface area contributed by atoms with Crippen LogP contribution in [0, 0.1) is 10.1 Å². The van der Waals surface area contributed by atoms with Crippen molar-refractivity contribution < 1.29 is 14.8 Å². The van der Waals surface area contributed by atoms with E-state index in [4.69, 9.17) is 16.3 Å². The third kappa shape index (κ3) is 3.93. The van der Waals surface area contributed by atoms with Crippen molar-refractivity contribution >= 4 is 17.3 Å². The van der Waals surface area contributed by atoms with Crippen LogP contribution < -0.4 is 4.74 Å². The second-order valence-electron chi connectivity index (χ2n) is 4.39. The lowest BCUT2D eigenvalue weighted by molar-refractivity contribution is -0.385. The normalized spacial score (nSPS) is 10.4. The van der Waals surface area contributed by atoms with E-state index in [2.05, 4.69) is 0 Å². The number of para-hydroxylation sites is 1. The quantitative estimate of drug-likeness (QED) is 0.656. The molecule has 2 aromatic rings. The molecule has 0 saturated heterocycles. The molecule has 0 saturated carbocycles. The van der Waals surface area contributed by atoms with Crippen LogP contribution >= 0.6 is 11.6 Å². The molecule has 0 aromatic heterocycles. The van der Waals surface area contributed by atoms with E-state index >= 15 is 0 Å². The fraction of sp³-hybridized carbons (Fsp3) is 0.200. The predicted molar refractivity (Wildman–Crippen MR) is 79.7 cm³/mol. The van der Waals surface area contributed by atoms with E-state index in [1.54, 1.807) is 36.4 Å². The van der Waals surface area contributed by atoms with Crippen LogP contribution in [0.3, 0.4) is 0 Å². The van der Waals surface area contributed by atoms with Crippen LogP contribution in [0.15, 0.2) is 42.5 Å². The van der Waals surface area contributed by atoms with Gasteiger partial charge in [0.1, 0.15) is 5.75 Å². The van der Waals surface area contributed by atoms with E-state index in [0.717, 1.165) is 0 Å². The summed E-state index contributed by atoms with van der Waals surface area (Å²) in [5, 5.41) is 20.7. The average Bonchev–Trinajstić information content (AvgIpc) is 2.49. The molecule has 0 fully saturated rings. The van der Waals surface area contributed by atoms with E-state index in [-0.39, 0.29) is 18.9 Å². The van der Waals surface area contributed by atoms with E-state index in [1.165, 1.54) is 6.07 Å². The molecule has 0 amide bonds. The van der Waals surface area contributed by atoms with Crippen LogP contribution in [-0.4, -0.2) is 16.6 Å². The summed E-state index contributed by atoms with van der Waals surface area (Å²) in [6.45, 7) is 0.0981. The van der Waals surface area contributed by atoms with Crippen molar-refractivity contribution in [3.05, 3.63) is 68.7 Å². The lowest BCUT2D eigenvalue weighted by Gasteiger charge is -2.10. The Kier molecular flexibility index (Phi) is 5.14. The number of nitro groups is 1. The highest BCUT2D eigenvalue weighted by Gasteiger charge is 2.12. The molecule has 0 heterocycles. The Morgan fingerprint density at radius 1 is 1.19 bits per heavy atom. The Morgan fingerprint density at radius 3 is 2.67 bits per heavy atom. The van der Waals surface area contributed by atoms with Gasteiger partial charge in [0.25, 0.3) is 5.69 Å². The molecule has 0 aliphatic carbocycles. The first-order valence-electron chi connectivity index (χ1n) is 6.36. The van der Waals surface area contributed by atoms with E-state index < -0.39 is 4.92 Å². The Morgan fingerprint density at radius 2 is 1.95 bits per heavy atom. The summed E-state index contributed by atoms with van der Waals surface area (Å²) in [5.74, 6) is 0.528. The van der Waals surface area contributed by atoms with Gasteiger partial charge in [0, 0.05) is 28.6 Å². The van der Waals surface area contributed by atoms with Crippen LogP contribution in [-0.2, 0) is 13.0 Å². The largest absolute Gasteiger partial charge is 0.493 e. The predicted octanol–water partition coefficient (Wildman–Crippen LogP) is 3.36. The highest BCUT2D eigenvalue weighted by atomic mass is 35.5. The lowest BCUT2D eigenvalue weighted by atomic mass is 10.1. The van der Waals surface area contributed by atoms with Gasteiger partial charge in [-0.15, -0.1) is 0 Å². The number of aliphatic hydroxyl groups is 1. The Bertz CT molecular complexity index is 645. The van der Waals surface area contributed by atoms with Crippen LogP contribution in [0.5, 0.6) is 5.75 Å². The molecule has 1 N–H and O–H groups in total. The number of aliphatic hydroxyl groups excluding tert-OH is 1. The standard InChI is InChI=1S/C15H14ClNO4/c16-13-5-6-15(12(9-13)10-18)21-8-7-11-3-1-2-4-14(11)17(19)20/h1-6,9,18H,7-8,10H2. The summed E-state index contributed by atoms with van der Waals surface area (Å²) >= 11 is 5.84. The molecule has 0 aliphatic heterocycles. The van der Waals surface area contributed by atoms with E-state index in [0.29, 0.717) is 28.3 Å². The number of rotatable bonds is 6. The van der Waals surface area contributed by atoms with Gasteiger partial charge in [-0.1, -0.05) is 29.8 Å². The summed E-state index contributed by atoms with van der Waals surface area (Å²) in [5.41, 5.74) is 1.28.